The molecule has 3 aromatic rings. The Balaban J connectivity index is 0.000000289. The number of hydrogen-bond acceptors (Lipinski definition) is 7. The first-order chi connectivity index (χ1) is 17.5. The zero-order valence-electron chi connectivity index (χ0n) is 19.3. The number of methoxy groups -OCH3 is 1. The Morgan fingerprint density at radius 2 is 1.62 bits per heavy atom. The second kappa shape index (κ2) is 12.0. The molecule has 4 rings (SSSR count). The van der Waals surface area contributed by atoms with Gasteiger partial charge in [0, 0.05) is 11.6 Å². The molecule has 0 atom stereocenters. The van der Waals surface area contributed by atoms with Crippen LogP contribution in [-0.4, -0.2) is 49.4 Å². The highest BCUT2D eigenvalue weighted by Gasteiger charge is 2.25. The summed E-state index contributed by atoms with van der Waals surface area (Å²) in [7, 11) is -2.68. The van der Waals surface area contributed by atoms with Gasteiger partial charge in [0.15, 0.2) is 5.69 Å². The summed E-state index contributed by atoms with van der Waals surface area (Å²) in [5, 5.41) is 11.5. The maximum Gasteiger partial charge on any atom is 0.356 e. The number of sulfonamides is 1. The van der Waals surface area contributed by atoms with Crippen molar-refractivity contribution in [1.82, 2.24) is 15.0 Å². The summed E-state index contributed by atoms with van der Waals surface area (Å²) in [5.41, 5.74) is 0.255. The Bertz CT molecular complexity index is 1430. The number of pyridine rings is 1. The molecule has 1 heterocycles. The van der Waals surface area contributed by atoms with Gasteiger partial charge in [-0.05, 0) is 61.4 Å². The minimum Gasteiger partial charge on any atom is -0.496 e. The van der Waals surface area contributed by atoms with Gasteiger partial charge in [-0.1, -0.05) is 35.3 Å². The van der Waals surface area contributed by atoms with Crippen molar-refractivity contribution in [2.24, 2.45) is 0 Å². The number of nitrogens with zero attached hydrogens (tertiary/aromatic N) is 1. The zero-order chi connectivity index (χ0) is 27.2. The van der Waals surface area contributed by atoms with Gasteiger partial charge in [-0.3, -0.25) is 9.59 Å². The SMILES string of the molecule is COc1ccccc1C(=O)NS(=O)(=O)c1ccc(C(=O)NC2CC2)cc1.O=C(O)c1nc(Cl)ccc1Cl. The van der Waals surface area contributed by atoms with Gasteiger partial charge in [0.05, 0.1) is 22.6 Å². The molecule has 13 heteroatoms. The van der Waals surface area contributed by atoms with E-state index in [2.05, 4.69) is 10.3 Å². The fraction of sp³-hybridized carbons (Fsp3) is 0.167. The van der Waals surface area contributed by atoms with E-state index in [-0.39, 0.29) is 44.0 Å². The number of hydrogen-bond donors (Lipinski definition) is 3. The molecule has 2 amide bonds. The number of aromatic nitrogens is 1. The van der Waals surface area contributed by atoms with Crippen molar-refractivity contribution in [3.63, 3.8) is 0 Å². The number of rotatable bonds is 7. The average Bonchev–Trinajstić information content (AvgIpc) is 3.69. The molecule has 3 N–H and O–H groups in total. The van der Waals surface area contributed by atoms with Crippen molar-refractivity contribution in [3.05, 3.63) is 87.7 Å². The maximum atomic E-state index is 12.4. The average molecular weight is 566 g/mol. The second-order valence-corrected chi connectivity index (χ2v) is 10.2. The molecular formula is C24H21Cl2N3O7S. The van der Waals surface area contributed by atoms with Crippen LogP contribution in [0.15, 0.2) is 65.6 Å². The van der Waals surface area contributed by atoms with E-state index in [1.165, 1.54) is 49.6 Å². The highest BCUT2D eigenvalue weighted by atomic mass is 35.5. The fourth-order valence-electron chi connectivity index (χ4n) is 2.92. The lowest BCUT2D eigenvalue weighted by atomic mass is 10.2. The number of aromatic carboxylic acids is 1. The van der Waals surface area contributed by atoms with Crippen molar-refractivity contribution in [2.45, 2.75) is 23.8 Å². The van der Waals surface area contributed by atoms with E-state index in [9.17, 15) is 22.8 Å². The van der Waals surface area contributed by atoms with Crippen LogP contribution in [0.3, 0.4) is 0 Å². The molecule has 10 nitrogen and oxygen atoms in total. The molecule has 0 unspecified atom stereocenters. The molecule has 0 saturated heterocycles. The summed E-state index contributed by atoms with van der Waals surface area (Å²) in [6, 6.07) is 14.8. The summed E-state index contributed by atoms with van der Waals surface area (Å²) in [4.78, 5) is 38.0. The monoisotopic (exact) mass is 565 g/mol. The molecule has 37 heavy (non-hydrogen) atoms. The van der Waals surface area contributed by atoms with Crippen molar-refractivity contribution in [3.8, 4) is 5.75 Å². The van der Waals surface area contributed by atoms with Crippen LogP contribution >= 0.6 is 23.2 Å². The van der Waals surface area contributed by atoms with Crippen molar-refractivity contribution < 1.29 is 32.6 Å². The lowest BCUT2D eigenvalue weighted by Gasteiger charge is -2.10. The highest BCUT2D eigenvalue weighted by Crippen LogP contribution is 2.21. The van der Waals surface area contributed by atoms with Crippen LogP contribution in [0.5, 0.6) is 5.75 Å². The molecule has 0 aliphatic heterocycles. The fourth-order valence-corrected chi connectivity index (χ4v) is 4.22. The number of halogens is 2. The summed E-state index contributed by atoms with van der Waals surface area (Å²) in [6.07, 6.45) is 1.93. The van der Waals surface area contributed by atoms with Gasteiger partial charge in [0.2, 0.25) is 0 Å². The number of amides is 2. The van der Waals surface area contributed by atoms with Crippen molar-refractivity contribution in [1.29, 1.82) is 0 Å². The topological polar surface area (TPSA) is 152 Å². The molecule has 1 aliphatic rings. The van der Waals surface area contributed by atoms with Crippen molar-refractivity contribution >= 4 is 51.0 Å². The quantitative estimate of drug-likeness (QED) is 0.366. The molecule has 1 aromatic heterocycles. The Hall–Kier alpha value is -3.67. The Morgan fingerprint density at radius 3 is 2.19 bits per heavy atom. The van der Waals surface area contributed by atoms with Gasteiger partial charge in [-0.15, -0.1) is 0 Å². The number of nitrogens with one attached hydrogen (secondary N) is 2. The van der Waals surface area contributed by atoms with Crippen LogP contribution in [0.25, 0.3) is 0 Å². The minimum atomic E-state index is -4.07. The summed E-state index contributed by atoms with van der Waals surface area (Å²) < 4.78 is 31.9. The molecule has 2 aromatic carbocycles. The maximum absolute atomic E-state index is 12.4. The summed E-state index contributed by atoms with van der Waals surface area (Å²) in [5.74, 6) is -1.95. The first kappa shape index (κ1) is 27.9. The van der Waals surface area contributed by atoms with Crippen LogP contribution in [0.4, 0.5) is 0 Å². The van der Waals surface area contributed by atoms with Gasteiger partial charge in [-0.2, -0.15) is 0 Å². The smallest absolute Gasteiger partial charge is 0.356 e. The third-order valence-electron chi connectivity index (χ3n) is 4.93. The highest BCUT2D eigenvalue weighted by molar-refractivity contribution is 7.90. The normalized spacial score (nSPS) is 12.5. The van der Waals surface area contributed by atoms with Gasteiger partial charge >= 0.3 is 5.97 Å². The minimum absolute atomic E-state index is 0.0851. The van der Waals surface area contributed by atoms with E-state index < -0.39 is 21.9 Å². The first-order valence-corrected chi connectivity index (χ1v) is 12.9. The summed E-state index contributed by atoms with van der Waals surface area (Å²) >= 11 is 10.9. The molecule has 0 radical (unpaired) electrons. The second-order valence-electron chi connectivity index (χ2n) is 7.68. The van der Waals surface area contributed by atoms with Crippen LogP contribution in [0.1, 0.15) is 44.0 Å². The zero-order valence-corrected chi connectivity index (χ0v) is 21.6. The predicted octanol–water partition coefficient (Wildman–Crippen LogP) is 3.79. The Morgan fingerprint density at radius 1 is 0.973 bits per heavy atom. The van der Waals surface area contributed by atoms with E-state index in [1.54, 1.807) is 18.2 Å². The van der Waals surface area contributed by atoms with Gasteiger partial charge in [0.25, 0.3) is 21.8 Å². The molecule has 0 bridgehead atoms. The Kier molecular flexibility index (Phi) is 9.09. The molecule has 194 valence electrons. The van der Waals surface area contributed by atoms with E-state index >= 15 is 0 Å². The van der Waals surface area contributed by atoms with Gasteiger partial charge < -0.3 is 15.2 Å². The number of benzene rings is 2. The lowest BCUT2D eigenvalue weighted by Crippen LogP contribution is -2.31. The third-order valence-corrected chi connectivity index (χ3v) is 6.80. The lowest BCUT2D eigenvalue weighted by molar-refractivity contribution is 0.0690. The predicted molar refractivity (Wildman–Crippen MR) is 136 cm³/mol. The Labute approximate surface area is 222 Å². The van der Waals surface area contributed by atoms with Crippen LogP contribution < -0.4 is 14.8 Å². The number of para-hydroxylation sites is 1. The molecule has 1 fully saturated rings. The number of carbonyl (C=O) groups is 3. The largest absolute Gasteiger partial charge is 0.496 e. The molecule has 1 aliphatic carbocycles. The summed E-state index contributed by atoms with van der Waals surface area (Å²) in [6.45, 7) is 0. The van der Waals surface area contributed by atoms with Gasteiger partial charge in [-0.25, -0.2) is 22.9 Å². The van der Waals surface area contributed by atoms with Crippen LogP contribution in [0.2, 0.25) is 10.2 Å². The number of ether oxygens (including phenoxy) is 1. The van der Waals surface area contributed by atoms with Crippen LogP contribution in [0, 0.1) is 0 Å². The first-order valence-electron chi connectivity index (χ1n) is 10.7. The number of carbonyl (C=O) groups excluding carboxylic acids is 2. The standard InChI is InChI=1S/C18H18N2O5S.C6H3Cl2NO2/c1-25-16-5-3-2-4-15(16)18(22)20-26(23,24)14-10-6-12(7-11-14)17(21)19-13-8-9-13;7-3-1-2-4(8)9-5(3)6(10)11/h2-7,10-11,13H,8-9H2,1H3,(H,19,21)(H,20,22);1-2H,(H,10,11). The molecule has 0 spiro atoms. The molecular weight excluding hydrogens is 545 g/mol. The van der Waals surface area contributed by atoms with Gasteiger partial charge in [0.1, 0.15) is 10.9 Å². The molecule has 1 saturated carbocycles. The van der Waals surface area contributed by atoms with Crippen LogP contribution in [-0.2, 0) is 10.0 Å². The number of carboxylic acid groups (broad SMARTS) is 1. The van der Waals surface area contributed by atoms with E-state index in [0.29, 0.717) is 5.56 Å². The van der Waals surface area contributed by atoms with E-state index in [1.807, 2.05) is 4.72 Å². The van der Waals surface area contributed by atoms with Crippen molar-refractivity contribution in [2.75, 3.05) is 7.11 Å². The third kappa shape index (κ3) is 7.66. The van der Waals surface area contributed by atoms with E-state index in [4.69, 9.17) is 33.0 Å². The number of carboxylic acids is 1. The van der Waals surface area contributed by atoms with E-state index in [0.717, 1.165) is 12.8 Å².